The van der Waals surface area contributed by atoms with Gasteiger partial charge in [0, 0.05) is 0 Å². The van der Waals surface area contributed by atoms with Gasteiger partial charge in [0.05, 0.1) is 35.4 Å². The summed E-state index contributed by atoms with van der Waals surface area (Å²) in [6.07, 6.45) is 0.411. The molecule has 31 heavy (non-hydrogen) atoms. The third-order valence-corrected chi connectivity index (χ3v) is 5.95. The van der Waals surface area contributed by atoms with Gasteiger partial charge in [-0.3, -0.25) is 24.3 Å². The van der Waals surface area contributed by atoms with Gasteiger partial charge < -0.3 is 4.74 Å². The minimum atomic E-state index is -0.452. The zero-order chi connectivity index (χ0) is 22.0. The van der Waals surface area contributed by atoms with Gasteiger partial charge in [-0.25, -0.2) is 4.98 Å². The van der Waals surface area contributed by atoms with Gasteiger partial charge in [-0.1, -0.05) is 41.8 Å². The van der Waals surface area contributed by atoms with E-state index in [1.807, 2.05) is 30.3 Å². The number of imide groups is 1. The highest BCUT2D eigenvalue weighted by atomic mass is 32.2. The highest BCUT2D eigenvalue weighted by molar-refractivity contribution is 8.15. The Morgan fingerprint density at radius 1 is 1.19 bits per heavy atom. The number of ether oxygens (including phenoxy) is 1. The van der Waals surface area contributed by atoms with E-state index in [1.165, 1.54) is 4.57 Å². The number of aryl methyl sites for hydroxylation is 1. The lowest BCUT2D eigenvalue weighted by molar-refractivity contribution is -0.118. The van der Waals surface area contributed by atoms with Crippen LogP contribution in [0.4, 0.5) is 4.79 Å². The molecule has 7 nitrogen and oxygen atoms in total. The lowest BCUT2D eigenvalue weighted by Crippen LogP contribution is -2.25. The second-order valence-corrected chi connectivity index (χ2v) is 8.17. The second kappa shape index (κ2) is 8.66. The van der Waals surface area contributed by atoms with Crippen molar-refractivity contribution >= 4 is 33.8 Å². The molecule has 2 heterocycles. The number of carbonyl (C=O) groups excluding carboxylic acids is 2. The van der Waals surface area contributed by atoms with E-state index in [2.05, 4.69) is 22.1 Å². The quantitative estimate of drug-likeness (QED) is 0.637. The summed E-state index contributed by atoms with van der Waals surface area (Å²) in [5.41, 5.74) is 2.05. The van der Waals surface area contributed by atoms with Crippen LogP contribution in [0.5, 0.6) is 5.75 Å². The molecule has 0 saturated carbocycles. The first kappa shape index (κ1) is 20.7. The monoisotopic (exact) mass is 433 g/mol. The summed E-state index contributed by atoms with van der Waals surface area (Å²) in [4.78, 5) is 40.5. The van der Waals surface area contributed by atoms with Gasteiger partial charge in [-0.2, -0.15) is 0 Å². The molecule has 1 aliphatic rings. The van der Waals surface area contributed by atoms with Crippen molar-refractivity contribution in [2.24, 2.45) is 0 Å². The van der Waals surface area contributed by atoms with Gasteiger partial charge in [0.1, 0.15) is 11.6 Å². The Morgan fingerprint density at radius 3 is 2.74 bits per heavy atom. The Balaban J connectivity index is 1.60. The number of nitrogens with zero attached hydrogens (tertiary/aromatic N) is 2. The van der Waals surface area contributed by atoms with Crippen molar-refractivity contribution < 1.29 is 14.3 Å². The van der Waals surface area contributed by atoms with Crippen LogP contribution < -0.4 is 15.6 Å². The van der Waals surface area contributed by atoms with Gasteiger partial charge in [-0.05, 0) is 43.2 Å². The maximum absolute atomic E-state index is 12.8. The number of methoxy groups -OCH3 is 1. The standard InChI is InChI=1S/C23H19N3O4S/c1-14-24-18-8-4-3-7-17(18)22(28)26(14)11-5-6-16-12-15(9-10-19(16)30-2)13-20-21(27)25-23(29)31-20/h3-4,7-10,12,20H,11,13H2,1-2H3,(H,25,27,29). The van der Waals surface area contributed by atoms with Crippen molar-refractivity contribution in [1.82, 2.24) is 14.9 Å². The molecule has 1 atom stereocenters. The van der Waals surface area contributed by atoms with Crippen LogP contribution in [-0.4, -0.2) is 33.1 Å². The van der Waals surface area contributed by atoms with E-state index in [1.54, 1.807) is 26.2 Å². The van der Waals surface area contributed by atoms with E-state index in [-0.39, 0.29) is 23.3 Å². The molecule has 156 valence electrons. The lowest BCUT2D eigenvalue weighted by Gasteiger charge is -2.09. The average molecular weight is 433 g/mol. The van der Waals surface area contributed by atoms with Crippen LogP contribution in [0.25, 0.3) is 10.9 Å². The highest BCUT2D eigenvalue weighted by Gasteiger charge is 2.31. The fourth-order valence-electron chi connectivity index (χ4n) is 3.40. The zero-order valence-electron chi connectivity index (χ0n) is 17.0. The number of hydrogen-bond acceptors (Lipinski definition) is 6. The van der Waals surface area contributed by atoms with E-state index in [0.717, 1.165) is 17.3 Å². The van der Waals surface area contributed by atoms with Crippen LogP contribution in [0, 0.1) is 18.8 Å². The molecule has 1 saturated heterocycles. The predicted octanol–water partition coefficient (Wildman–Crippen LogP) is 2.66. The molecular weight excluding hydrogens is 414 g/mol. The fourth-order valence-corrected chi connectivity index (χ4v) is 4.26. The number of thioether (sulfide) groups is 1. The summed E-state index contributed by atoms with van der Waals surface area (Å²) in [7, 11) is 1.56. The molecule has 8 heteroatoms. The molecule has 2 aromatic carbocycles. The number of rotatable bonds is 4. The van der Waals surface area contributed by atoms with Crippen molar-refractivity contribution in [3.63, 3.8) is 0 Å². The molecule has 1 unspecified atom stereocenters. The summed E-state index contributed by atoms with van der Waals surface area (Å²) in [6.45, 7) is 1.97. The molecule has 1 aliphatic heterocycles. The van der Waals surface area contributed by atoms with E-state index in [4.69, 9.17) is 4.74 Å². The number of nitrogens with one attached hydrogen (secondary N) is 1. The van der Waals surface area contributed by atoms with E-state index in [0.29, 0.717) is 34.5 Å². The first-order valence-electron chi connectivity index (χ1n) is 9.59. The second-order valence-electron chi connectivity index (χ2n) is 6.99. The van der Waals surface area contributed by atoms with Gasteiger partial charge in [0.2, 0.25) is 5.91 Å². The van der Waals surface area contributed by atoms with Crippen LogP contribution in [0.3, 0.4) is 0 Å². The van der Waals surface area contributed by atoms with Gasteiger partial charge in [-0.15, -0.1) is 0 Å². The molecule has 0 spiro atoms. The summed E-state index contributed by atoms with van der Waals surface area (Å²) in [5.74, 6) is 7.00. The maximum atomic E-state index is 12.8. The summed E-state index contributed by atoms with van der Waals surface area (Å²) in [6, 6.07) is 12.7. The number of para-hydroxylation sites is 1. The summed E-state index contributed by atoms with van der Waals surface area (Å²) in [5, 5.41) is 2.07. The number of carbonyl (C=O) groups is 2. The first-order chi connectivity index (χ1) is 15.0. The Kier molecular flexibility index (Phi) is 5.78. The minimum absolute atomic E-state index is 0.132. The normalized spacial score (nSPS) is 15.5. The molecule has 1 N–H and O–H groups in total. The molecule has 4 rings (SSSR count). The minimum Gasteiger partial charge on any atom is -0.495 e. The van der Waals surface area contributed by atoms with Crippen LogP contribution >= 0.6 is 11.8 Å². The van der Waals surface area contributed by atoms with Gasteiger partial charge in [0.25, 0.3) is 10.8 Å². The molecule has 0 bridgehead atoms. The Bertz CT molecular complexity index is 1320. The van der Waals surface area contributed by atoms with Crippen molar-refractivity contribution in [2.75, 3.05) is 7.11 Å². The van der Waals surface area contributed by atoms with E-state index < -0.39 is 5.25 Å². The first-order valence-corrected chi connectivity index (χ1v) is 10.5. The van der Waals surface area contributed by atoms with Crippen molar-refractivity contribution in [1.29, 1.82) is 0 Å². The van der Waals surface area contributed by atoms with E-state index >= 15 is 0 Å². The smallest absolute Gasteiger partial charge is 0.286 e. The Morgan fingerprint density at radius 2 is 2.00 bits per heavy atom. The molecule has 0 radical (unpaired) electrons. The van der Waals surface area contributed by atoms with Crippen LogP contribution in [-0.2, 0) is 17.8 Å². The SMILES string of the molecule is COc1ccc(CC2SC(=O)NC2=O)cc1C#CCn1c(C)nc2ccccc2c1=O. The Hall–Kier alpha value is -3.57. The number of hydrogen-bond donors (Lipinski definition) is 1. The van der Waals surface area contributed by atoms with Crippen LogP contribution in [0.1, 0.15) is 17.0 Å². The maximum Gasteiger partial charge on any atom is 0.286 e. The van der Waals surface area contributed by atoms with Crippen molar-refractivity contribution in [2.45, 2.75) is 25.1 Å². The highest BCUT2D eigenvalue weighted by Crippen LogP contribution is 2.25. The van der Waals surface area contributed by atoms with Crippen LogP contribution in [0.15, 0.2) is 47.3 Å². The molecule has 1 fully saturated rings. The fraction of sp³-hybridized carbons (Fsp3) is 0.217. The lowest BCUT2D eigenvalue weighted by atomic mass is 10.0. The molecule has 1 aromatic heterocycles. The number of benzene rings is 2. The largest absolute Gasteiger partial charge is 0.495 e. The van der Waals surface area contributed by atoms with Crippen molar-refractivity contribution in [3.05, 3.63) is 69.8 Å². The van der Waals surface area contributed by atoms with Gasteiger partial charge in [0.15, 0.2) is 0 Å². The number of aromatic nitrogens is 2. The van der Waals surface area contributed by atoms with Crippen LogP contribution in [0.2, 0.25) is 0 Å². The third kappa shape index (κ3) is 4.32. The Labute approximate surface area is 182 Å². The summed E-state index contributed by atoms with van der Waals surface area (Å²) < 4.78 is 6.93. The van der Waals surface area contributed by atoms with Crippen molar-refractivity contribution in [3.8, 4) is 17.6 Å². The third-order valence-electron chi connectivity index (χ3n) is 4.96. The predicted molar refractivity (Wildman–Crippen MR) is 119 cm³/mol. The van der Waals surface area contributed by atoms with E-state index in [9.17, 15) is 14.4 Å². The number of amides is 2. The molecule has 0 aliphatic carbocycles. The van der Waals surface area contributed by atoms with Gasteiger partial charge >= 0.3 is 0 Å². The molecule has 3 aromatic rings. The zero-order valence-corrected chi connectivity index (χ0v) is 17.8. The molecular formula is C23H19N3O4S. The number of fused-ring (bicyclic) bond motifs is 1. The average Bonchev–Trinajstić information content (AvgIpc) is 3.07. The summed E-state index contributed by atoms with van der Waals surface area (Å²) >= 11 is 0.992. The topological polar surface area (TPSA) is 90.3 Å². The molecule has 2 amide bonds.